The van der Waals surface area contributed by atoms with Gasteiger partial charge in [-0.1, -0.05) is 47.2 Å². The van der Waals surface area contributed by atoms with Crippen molar-refractivity contribution >= 4 is 40.9 Å². The monoisotopic (exact) mass is 412 g/mol. The Morgan fingerprint density at radius 1 is 1.11 bits per heavy atom. The van der Waals surface area contributed by atoms with E-state index in [9.17, 15) is 4.79 Å². The number of carbonyl (C=O) groups is 1. The summed E-state index contributed by atoms with van der Waals surface area (Å²) < 4.78 is 16.1. The number of cyclic esters (lactones) is 1. The van der Waals surface area contributed by atoms with E-state index in [1.54, 1.807) is 31.4 Å². The minimum atomic E-state index is -0.562. The van der Waals surface area contributed by atoms with E-state index in [0.717, 1.165) is 0 Å². The summed E-state index contributed by atoms with van der Waals surface area (Å²) in [6.45, 7) is 0. The molecule has 1 aliphatic heterocycles. The number of aliphatic imine (C=N–C) groups is 1. The number of thiazole rings is 1. The number of carbonyl (C=O) groups excluding carboxylic acids is 1. The van der Waals surface area contributed by atoms with E-state index in [-0.39, 0.29) is 16.7 Å². The minimum Gasteiger partial charge on any atom is -0.497 e. The molecule has 0 unspecified atom stereocenters. The van der Waals surface area contributed by atoms with Crippen molar-refractivity contribution in [3.63, 3.8) is 0 Å². The summed E-state index contributed by atoms with van der Waals surface area (Å²) in [5.41, 5.74) is 0.772. The molecule has 0 amide bonds. The van der Waals surface area contributed by atoms with Crippen LogP contribution >= 0.6 is 22.9 Å². The predicted octanol–water partition coefficient (Wildman–Crippen LogP) is 4.94. The number of ether oxygens (including phenoxy) is 3. The number of rotatable bonds is 5. The number of para-hydroxylation sites is 1. The summed E-state index contributed by atoms with van der Waals surface area (Å²) in [4.78, 5) is 21.2. The molecule has 0 radical (unpaired) electrons. The molecule has 0 saturated heterocycles. The first kappa shape index (κ1) is 18.2. The average Bonchev–Trinajstić information content (AvgIpc) is 3.25. The van der Waals surface area contributed by atoms with Gasteiger partial charge in [0.05, 0.1) is 12.0 Å². The van der Waals surface area contributed by atoms with Gasteiger partial charge in [-0.3, -0.25) is 0 Å². The first-order valence-corrected chi connectivity index (χ1v) is 9.38. The quantitative estimate of drug-likeness (QED) is 0.438. The summed E-state index contributed by atoms with van der Waals surface area (Å²) in [6, 6.07) is 16.3. The Hall–Kier alpha value is -3.16. The Morgan fingerprint density at radius 2 is 1.89 bits per heavy atom. The van der Waals surface area contributed by atoms with Crippen molar-refractivity contribution in [1.82, 2.24) is 4.98 Å². The van der Waals surface area contributed by atoms with Crippen LogP contribution in [0.25, 0.3) is 6.08 Å². The van der Waals surface area contributed by atoms with Gasteiger partial charge in [0.15, 0.2) is 10.9 Å². The molecule has 2 aromatic carbocycles. The van der Waals surface area contributed by atoms with Crippen LogP contribution in [-0.4, -0.2) is 24.0 Å². The molecule has 2 heterocycles. The number of aromatic nitrogens is 1. The maximum atomic E-state index is 12.2. The number of halogens is 1. The van der Waals surface area contributed by atoms with Crippen LogP contribution in [0.3, 0.4) is 0 Å². The lowest BCUT2D eigenvalue weighted by Crippen LogP contribution is -2.05. The highest BCUT2D eigenvalue weighted by atomic mass is 35.5. The van der Waals surface area contributed by atoms with E-state index in [4.69, 9.17) is 25.8 Å². The lowest BCUT2D eigenvalue weighted by Gasteiger charge is -2.02. The predicted molar refractivity (Wildman–Crippen MR) is 107 cm³/mol. The van der Waals surface area contributed by atoms with E-state index in [2.05, 4.69) is 9.98 Å². The van der Waals surface area contributed by atoms with Gasteiger partial charge < -0.3 is 14.2 Å². The van der Waals surface area contributed by atoms with Crippen LogP contribution in [-0.2, 0) is 9.53 Å². The maximum Gasteiger partial charge on any atom is 0.363 e. The van der Waals surface area contributed by atoms with Crippen LogP contribution in [0.5, 0.6) is 16.7 Å². The van der Waals surface area contributed by atoms with E-state index < -0.39 is 5.97 Å². The van der Waals surface area contributed by atoms with E-state index in [1.807, 2.05) is 30.3 Å². The lowest BCUT2D eigenvalue weighted by molar-refractivity contribution is -0.129. The van der Waals surface area contributed by atoms with Crippen molar-refractivity contribution in [2.24, 2.45) is 4.99 Å². The second-order valence-corrected chi connectivity index (χ2v) is 6.97. The van der Waals surface area contributed by atoms with Crippen LogP contribution in [0, 0.1) is 0 Å². The van der Waals surface area contributed by atoms with Crippen molar-refractivity contribution in [2.75, 3.05) is 7.11 Å². The van der Waals surface area contributed by atoms with Gasteiger partial charge in [-0.05, 0) is 36.4 Å². The molecule has 0 spiro atoms. The molecular weight excluding hydrogens is 400 g/mol. The molecule has 8 heteroatoms. The zero-order valence-electron chi connectivity index (χ0n) is 14.6. The Balaban J connectivity index is 1.60. The number of hydrogen-bond donors (Lipinski definition) is 0. The van der Waals surface area contributed by atoms with Gasteiger partial charge in [-0.15, -0.1) is 0 Å². The van der Waals surface area contributed by atoms with Gasteiger partial charge in [0.1, 0.15) is 11.5 Å². The summed E-state index contributed by atoms with van der Waals surface area (Å²) in [6.07, 6.45) is 1.54. The first-order valence-electron chi connectivity index (χ1n) is 8.18. The zero-order valence-corrected chi connectivity index (χ0v) is 16.2. The summed E-state index contributed by atoms with van der Waals surface area (Å²) >= 11 is 7.40. The third kappa shape index (κ3) is 3.90. The van der Waals surface area contributed by atoms with Crippen LogP contribution in [0.15, 0.2) is 65.3 Å². The van der Waals surface area contributed by atoms with Crippen molar-refractivity contribution in [3.8, 4) is 16.7 Å². The van der Waals surface area contributed by atoms with Crippen LogP contribution < -0.4 is 9.47 Å². The Morgan fingerprint density at radius 3 is 2.68 bits per heavy atom. The van der Waals surface area contributed by atoms with Crippen LogP contribution in [0.4, 0.5) is 0 Å². The standard InChI is InChI=1S/C20H13ClN2O4S/c1-25-14-9-5-6-12(10-14)18-22-15(19(24)27-18)11-16-17(21)23-20(28-16)26-13-7-3-2-4-8-13/h2-11H,1H3/b15-11-. The van der Waals surface area contributed by atoms with Gasteiger partial charge >= 0.3 is 5.97 Å². The fourth-order valence-electron chi connectivity index (χ4n) is 2.43. The van der Waals surface area contributed by atoms with E-state index in [1.165, 1.54) is 17.4 Å². The van der Waals surface area contributed by atoms with Crippen molar-refractivity contribution in [3.05, 3.63) is 75.9 Å². The van der Waals surface area contributed by atoms with Crippen molar-refractivity contribution < 1.29 is 19.0 Å². The molecule has 0 fully saturated rings. The average molecular weight is 413 g/mol. The highest BCUT2D eigenvalue weighted by Gasteiger charge is 2.25. The number of esters is 1. The Bertz CT molecular complexity index is 1090. The molecule has 1 aliphatic rings. The van der Waals surface area contributed by atoms with Crippen molar-refractivity contribution in [2.45, 2.75) is 0 Å². The fraction of sp³-hybridized carbons (Fsp3) is 0.0500. The molecule has 3 aromatic rings. The third-order valence-electron chi connectivity index (χ3n) is 3.74. The largest absolute Gasteiger partial charge is 0.497 e. The molecule has 6 nitrogen and oxygen atoms in total. The second-order valence-electron chi connectivity index (χ2n) is 5.62. The van der Waals surface area contributed by atoms with Gasteiger partial charge in [-0.2, -0.15) is 4.98 Å². The summed E-state index contributed by atoms with van der Waals surface area (Å²) in [5.74, 6) is 0.928. The Kier molecular flexibility index (Phi) is 5.10. The topological polar surface area (TPSA) is 70.0 Å². The van der Waals surface area contributed by atoms with Gasteiger partial charge in [0, 0.05) is 5.56 Å². The molecule has 0 N–H and O–H groups in total. The molecule has 0 saturated carbocycles. The van der Waals surface area contributed by atoms with Gasteiger partial charge in [0.25, 0.3) is 5.19 Å². The highest BCUT2D eigenvalue weighted by molar-refractivity contribution is 7.14. The normalized spacial score (nSPS) is 14.7. The lowest BCUT2D eigenvalue weighted by atomic mass is 10.2. The molecule has 0 aliphatic carbocycles. The van der Waals surface area contributed by atoms with Crippen LogP contribution in [0.2, 0.25) is 5.15 Å². The molecule has 0 bridgehead atoms. The fourth-order valence-corrected chi connectivity index (χ4v) is 3.49. The second kappa shape index (κ2) is 7.84. The molecule has 1 aromatic heterocycles. The summed E-state index contributed by atoms with van der Waals surface area (Å²) in [7, 11) is 1.56. The van der Waals surface area contributed by atoms with Crippen molar-refractivity contribution in [1.29, 1.82) is 0 Å². The minimum absolute atomic E-state index is 0.134. The number of methoxy groups -OCH3 is 1. The first-order chi connectivity index (χ1) is 13.6. The molecular formula is C20H13ClN2O4S. The maximum absolute atomic E-state index is 12.2. The molecule has 0 atom stereocenters. The highest BCUT2D eigenvalue weighted by Crippen LogP contribution is 2.34. The van der Waals surface area contributed by atoms with E-state index >= 15 is 0 Å². The SMILES string of the molecule is COc1cccc(C2=N/C(=C\c3sc(Oc4ccccc4)nc3Cl)C(=O)O2)c1. The number of benzene rings is 2. The number of hydrogen-bond acceptors (Lipinski definition) is 7. The third-order valence-corrected chi connectivity index (χ3v) is 5.02. The smallest absolute Gasteiger partial charge is 0.363 e. The van der Waals surface area contributed by atoms with E-state index in [0.29, 0.717) is 27.1 Å². The number of nitrogens with zero attached hydrogens (tertiary/aromatic N) is 2. The Labute approximate surface area is 169 Å². The zero-order chi connectivity index (χ0) is 19.5. The van der Waals surface area contributed by atoms with Crippen LogP contribution in [0.1, 0.15) is 10.4 Å². The summed E-state index contributed by atoms with van der Waals surface area (Å²) in [5, 5.41) is 0.590. The molecule has 4 rings (SSSR count). The van der Waals surface area contributed by atoms with Gasteiger partial charge in [-0.25, -0.2) is 9.79 Å². The molecule has 140 valence electrons. The molecule has 28 heavy (non-hydrogen) atoms. The van der Waals surface area contributed by atoms with Gasteiger partial charge in [0.2, 0.25) is 5.90 Å².